The van der Waals surface area contributed by atoms with Gasteiger partial charge >= 0.3 is 0 Å². The highest BCUT2D eigenvalue weighted by Gasteiger charge is 2.29. The van der Waals surface area contributed by atoms with Gasteiger partial charge in [-0.25, -0.2) is 4.98 Å². The number of fused-ring (bicyclic) bond motifs is 3. The number of ether oxygens (including phenoxy) is 1. The van der Waals surface area contributed by atoms with E-state index in [9.17, 15) is 4.79 Å². The van der Waals surface area contributed by atoms with Gasteiger partial charge in [0.25, 0.3) is 11.4 Å². The van der Waals surface area contributed by atoms with Gasteiger partial charge in [0.05, 0.1) is 21.1 Å². The Morgan fingerprint density at radius 2 is 2.00 bits per heavy atom. The molecule has 0 aliphatic rings. The lowest BCUT2D eigenvalue weighted by Crippen LogP contribution is -2.26. The summed E-state index contributed by atoms with van der Waals surface area (Å²) in [5.74, 6) is 0.504. The summed E-state index contributed by atoms with van der Waals surface area (Å²) < 4.78 is 14.1. The number of nitrogens with zero attached hydrogens (tertiary/aromatic N) is 5. The zero-order valence-electron chi connectivity index (χ0n) is 17.2. The van der Waals surface area contributed by atoms with Gasteiger partial charge in [-0.3, -0.25) is 9.20 Å². The quantitative estimate of drug-likeness (QED) is 0.432. The van der Waals surface area contributed by atoms with Crippen molar-refractivity contribution in [2.75, 3.05) is 7.11 Å². The predicted molar refractivity (Wildman–Crippen MR) is 115 cm³/mol. The van der Waals surface area contributed by atoms with Crippen LogP contribution in [0.3, 0.4) is 0 Å². The lowest BCUT2D eigenvalue weighted by atomic mass is 10.1. The van der Waals surface area contributed by atoms with Crippen LogP contribution in [0.5, 0.6) is 0 Å². The van der Waals surface area contributed by atoms with Crippen LogP contribution in [0, 0.1) is 0 Å². The molecule has 0 N–H and O–H groups in total. The molecule has 30 heavy (non-hydrogen) atoms. The van der Waals surface area contributed by atoms with E-state index in [2.05, 4.69) is 15.1 Å². The Labute approximate surface area is 182 Å². The van der Waals surface area contributed by atoms with Crippen LogP contribution >= 0.6 is 23.2 Å². The second kappa shape index (κ2) is 7.37. The number of imidazole rings is 1. The van der Waals surface area contributed by atoms with Gasteiger partial charge in [0, 0.05) is 13.2 Å². The molecule has 158 valence electrons. The molecule has 0 aliphatic heterocycles. The van der Waals surface area contributed by atoms with Crippen LogP contribution < -0.4 is 5.56 Å². The van der Waals surface area contributed by atoms with Crippen molar-refractivity contribution >= 4 is 39.8 Å². The number of hydrogen-bond donors (Lipinski definition) is 0. The Balaban J connectivity index is 2.08. The second-order valence-electron chi connectivity index (χ2n) is 7.61. The minimum absolute atomic E-state index is 0.114. The summed E-state index contributed by atoms with van der Waals surface area (Å²) in [5, 5.41) is 4.74. The highest BCUT2D eigenvalue weighted by Crippen LogP contribution is 2.34. The minimum Gasteiger partial charge on any atom is -0.369 e. The first-order valence-corrected chi connectivity index (χ1v) is 10.3. The first-order chi connectivity index (χ1) is 14.2. The van der Waals surface area contributed by atoms with E-state index >= 15 is 0 Å². The summed E-state index contributed by atoms with van der Waals surface area (Å²) in [7, 11) is 1.56. The van der Waals surface area contributed by atoms with Crippen molar-refractivity contribution in [1.82, 2.24) is 24.1 Å². The van der Waals surface area contributed by atoms with E-state index in [1.165, 1.54) is 0 Å². The van der Waals surface area contributed by atoms with Gasteiger partial charge < -0.3 is 13.8 Å². The molecule has 0 spiro atoms. The van der Waals surface area contributed by atoms with Crippen LogP contribution in [0.1, 0.15) is 46.0 Å². The van der Waals surface area contributed by atoms with Crippen molar-refractivity contribution in [1.29, 1.82) is 0 Å². The summed E-state index contributed by atoms with van der Waals surface area (Å²) >= 11 is 12.8. The van der Waals surface area contributed by atoms with Crippen molar-refractivity contribution in [2.24, 2.45) is 0 Å². The van der Waals surface area contributed by atoms with E-state index in [-0.39, 0.29) is 17.4 Å². The molecule has 4 aromatic rings. The number of benzene rings is 1. The van der Waals surface area contributed by atoms with Crippen molar-refractivity contribution in [3.05, 3.63) is 44.7 Å². The predicted octanol–water partition coefficient (Wildman–Crippen LogP) is 4.86. The summed E-state index contributed by atoms with van der Waals surface area (Å²) in [6.45, 7) is 7.58. The van der Waals surface area contributed by atoms with Gasteiger partial charge in [-0.2, -0.15) is 4.98 Å². The van der Waals surface area contributed by atoms with E-state index in [4.69, 9.17) is 32.5 Å². The molecule has 0 bridgehead atoms. The third-order valence-electron chi connectivity index (χ3n) is 5.43. The Morgan fingerprint density at radius 3 is 2.67 bits per heavy atom. The fourth-order valence-corrected chi connectivity index (χ4v) is 3.73. The number of rotatable bonds is 5. The molecule has 3 aromatic heterocycles. The summed E-state index contributed by atoms with van der Waals surface area (Å²) in [6, 6.07) is 3.40. The van der Waals surface area contributed by atoms with Crippen molar-refractivity contribution in [3.63, 3.8) is 0 Å². The van der Waals surface area contributed by atoms with Gasteiger partial charge in [-0.15, -0.1) is 0 Å². The molecule has 8 nitrogen and oxygen atoms in total. The van der Waals surface area contributed by atoms with Gasteiger partial charge in [-0.05, 0) is 39.3 Å². The monoisotopic (exact) mass is 449 g/mol. The second-order valence-corrected chi connectivity index (χ2v) is 8.40. The van der Waals surface area contributed by atoms with E-state index in [0.29, 0.717) is 38.2 Å². The Hall–Kier alpha value is -2.42. The first-order valence-electron chi connectivity index (χ1n) is 9.50. The zero-order valence-corrected chi connectivity index (χ0v) is 18.7. The highest BCUT2D eigenvalue weighted by molar-refractivity contribution is 6.45. The number of aromatic nitrogens is 5. The summed E-state index contributed by atoms with van der Waals surface area (Å²) in [6.07, 6.45) is 2.28. The molecule has 0 fully saturated rings. The summed E-state index contributed by atoms with van der Waals surface area (Å²) in [4.78, 5) is 22.5. The molecule has 10 heteroatoms. The average Bonchev–Trinajstić information content (AvgIpc) is 3.38. The number of methoxy groups -OCH3 is 1. The molecule has 0 aliphatic carbocycles. The third-order valence-corrected chi connectivity index (χ3v) is 6.23. The maximum absolute atomic E-state index is 13.6. The maximum atomic E-state index is 13.6. The Morgan fingerprint density at radius 1 is 1.27 bits per heavy atom. The van der Waals surface area contributed by atoms with E-state index < -0.39 is 5.60 Å². The van der Waals surface area contributed by atoms with Gasteiger partial charge in [0.1, 0.15) is 23.1 Å². The number of halogens is 2. The van der Waals surface area contributed by atoms with Gasteiger partial charge in [0.2, 0.25) is 5.82 Å². The molecule has 0 saturated carbocycles. The molecule has 1 aromatic carbocycles. The molecule has 1 unspecified atom stereocenters. The van der Waals surface area contributed by atoms with Crippen LogP contribution in [0.15, 0.2) is 27.8 Å². The molecule has 0 saturated heterocycles. The standard InChI is InChI=1S/C20H21Cl2N5O3/c1-6-10(2)27-15-12(8-7-11(21)13(15)22)26-9-23-14(16(26)18(27)28)17-24-19(30-25-17)20(3,4)29-5/h7-10H,6H2,1-5H3. The number of hydrogen-bond acceptors (Lipinski definition) is 6. The molecule has 4 rings (SSSR count). The third kappa shape index (κ3) is 3.02. The Bertz CT molecular complexity index is 1320. The fraction of sp³-hybridized carbons (Fsp3) is 0.400. The molecule has 1 atom stereocenters. The van der Waals surface area contributed by atoms with Crippen LogP contribution in [0.25, 0.3) is 28.1 Å². The zero-order chi connectivity index (χ0) is 21.8. The van der Waals surface area contributed by atoms with Gasteiger partial charge in [-0.1, -0.05) is 35.3 Å². The molecule has 0 amide bonds. The van der Waals surface area contributed by atoms with E-state index in [1.807, 2.05) is 33.8 Å². The minimum atomic E-state index is -0.769. The molecule has 3 heterocycles. The van der Waals surface area contributed by atoms with Crippen LogP contribution in [0.4, 0.5) is 0 Å². The topological polar surface area (TPSA) is 87.5 Å². The highest BCUT2D eigenvalue weighted by atomic mass is 35.5. The Kier molecular flexibility index (Phi) is 5.12. The molecular formula is C20H21Cl2N5O3. The average molecular weight is 450 g/mol. The SMILES string of the molecule is CCC(C)n1c(=O)c2c(-c3noc(C(C)(C)OC)n3)ncn2c2ccc(Cl)c(Cl)c21. The van der Waals surface area contributed by atoms with Crippen LogP contribution in [-0.2, 0) is 10.3 Å². The first kappa shape index (κ1) is 20.8. The van der Waals surface area contributed by atoms with Crippen molar-refractivity contribution in [3.8, 4) is 11.5 Å². The summed E-state index contributed by atoms with van der Waals surface area (Å²) in [5.41, 5.74) is 0.907. The fourth-order valence-electron chi connectivity index (χ4n) is 3.32. The van der Waals surface area contributed by atoms with E-state index in [0.717, 1.165) is 6.42 Å². The maximum Gasteiger partial charge on any atom is 0.278 e. The lowest BCUT2D eigenvalue weighted by molar-refractivity contribution is -0.00786. The molecular weight excluding hydrogens is 429 g/mol. The van der Waals surface area contributed by atoms with Gasteiger partial charge in [0.15, 0.2) is 0 Å². The normalized spacial score (nSPS) is 13.4. The van der Waals surface area contributed by atoms with Crippen LogP contribution in [-0.4, -0.2) is 31.2 Å². The van der Waals surface area contributed by atoms with E-state index in [1.54, 1.807) is 28.5 Å². The molecule has 0 radical (unpaired) electrons. The van der Waals surface area contributed by atoms with Crippen molar-refractivity contribution < 1.29 is 9.26 Å². The lowest BCUT2D eigenvalue weighted by Gasteiger charge is -2.19. The largest absolute Gasteiger partial charge is 0.369 e. The smallest absolute Gasteiger partial charge is 0.278 e. The van der Waals surface area contributed by atoms with Crippen molar-refractivity contribution in [2.45, 2.75) is 45.8 Å². The van der Waals surface area contributed by atoms with Crippen LogP contribution in [0.2, 0.25) is 10.0 Å².